The fourth-order valence-electron chi connectivity index (χ4n) is 2.13. The minimum Gasteiger partial charge on any atom is -0.342 e. The van der Waals surface area contributed by atoms with E-state index in [9.17, 15) is 4.79 Å². The molecular weight excluding hydrogens is 441 g/mol. The average molecular weight is 458 g/mol. The van der Waals surface area contributed by atoms with Gasteiger partial charge in [-0.2, -0.15) is 0 Å². The molecule has 4 heteroatoms. The Hall–Kier alpha value is -0.880. The molecule has 2 rings (SSSR count). The lowest BCUT2D eigenvalue weighted by Crippen LogP contribution is -2.28. The van der Waals surface area contributed by atoms with Crippen LogP contribution >= 0.6 is 38.5 Å². The third-order valence-electron chi connectivity index (χ3n) is 3.31. The van der Waals surface area contributed by atoms with Crippen LogP contribution in [-0.4, -0.2) is 24.4 Å². The summed E-state index contributed by atoms with van der Waals surface area (Å²) >= 11 is 5.63. The molecule has 0 unspecified atom stereocenters. The van der Waals surface area contributed by atoms with Gasteiger partial charge in [0.25, 0.3) is 5.91 Å². The van der Waals surface area contributed by atoms with Crippen LogP contribution in [-0.2, 0) is 6.42 Å². The maximum atomic E-state index is 12.5. The van der Waals surface area contributed by atoms with Gasteiger partial charge in [-0.25, -0.2) is 0 Å². The highest BCUT2D eigenvalue weighted by Crippen LogP contribution is 2.19. The van der Waals surface area contributed by atoms with Gasteiger partial charge in [0, 0.05) is 21.6 Å². The van der Waals surface area contributed by atoms with Crippen molar-refractivity contribution in [2.45, 2.75) is 12.8 Å². The number of benzene rings is 2. The Morgan fingerprint density at radius 3 is 2.62 bits per heavy atom. The van der Waals surface area contributed by atoms with Gasteiger partial charge in [-0.1, -0.05) is 46.3 Å². The maximum Gasteiger partial charge on any atom is 0.254 e. The molecule has 0 N–H and O–H groups in total. The molecule has 0 radical (unpaired) electrons. The van der Waals surface area contributed by atoms with E-state index < -0.39 is 0 Å². The Morgan fingerprint density at radius 1 is 1.19 bits per heavy atom. The summed E-state index contributed by atoms with van der Waals surface area (Å²) in [7, 11) is 1.87. The van der Waals surface area contributed by atoms with Gasteiger partial charge in [-0.05, 0) is 59.2 Å². The summed E-state index contributed by atoms with van der Waals surface area (Å²) in [5, 5.41) is 0. The fourth-order valence-corrected chi connectivity index (χ4v) is 3.06. The zero-order valence-electron chi connectivity index (χ0n) is 11.9. The van der Waals surface area contributed by atoms with E-state index in [1.165, 1.54) is 5.56 Å². The molecule has 0 aliphatic carbocycles. The average Bonchev–Trinajstić information content (AvgIpc) is 2.50. The van der Waals surface area contributed by atoms with Crippen LogP contribution in [0.5, 0.6) is 0 Å². The van der Waals surface area contributed by atoms with Crippen molar-refractivity contribution in [3.8, 4) is 0 Å². The first-order valence-corrected chi connectivity index (χ1v) is 8.69. The molecule has 0 saturated carbocycles. The maximum absolute atomic E-state index is 12.5. The van der Waals surface area contributed by atoms with Crippen molar-refractivity contribution in [2.24, 2.45) is 0 Å². The number of hydrogen-bond acceptors (Lipinski definition) is 1. The molecule has 1 amide bonds. The van der Waals surface area contributed by atoms with Crippen LogP contribution in [0.1, 0.15) is 22.3 Å². The van der Waals surface area contributed by atoms with Crippen molar-refractivity contribution in [2.75, 3.05) is 13.6 Å². The third-order valence-corrected chi connectivity index (χ3v) is 4.74. The molecule has 0 fully saturated rings. The van der Waals surface area contributed by atoms with Crippen LogP contribution in [0.4, 0.5) is 0 Å². The number of halogens is 2. The second-order valence-corrected chi connectivity index (χ2v) is 7.02. The van der Waals surface area contributed by atoms with Gasteiger partial charge in [-0.3, -0.25) is 4.79 Å². The molecule has 0 aliphatic heterocycles. The predicted molar refractivity (Wildman–Crippen MR) is 98.6 cm³/mol. The minimum atomic E-state index is 0.0776. The van der Waals surface area contributed by atoms with Crippen molar-refractivity contribution in [1.82, 2.24) is 4.90 Å². The smallest absolute Gasteiger partial charge is 0.254 e. The lowest BCUT2D eigenvalue weighted by molar-refractivity contribution is 0.0792. The Kier molecular flexibility index (Phi) is 6.23. The number of hydrogen-bond donors (Lipinski definition) is 0. The summed E-state index contributed by atoms with van der Waals surface area (Å²) in [6.45, 7) is 0.760. The van der Waals surface area contributed by atoms with Crippen molar-refractivity contribution >= 4 is 44.4 Å². The Morgan fingerprint density at radius 2 is 1.90 bits per heavy atom. The summed E-state index contributed by atoms with van der Waals surface area (Å²) in [6, 6.07) is 16.2. The number of amides is 1. The molecule has 110 valence electrons. The summed E-state index contributed by atoms with van der Waals surface area (Å²) in [6.07, 6.45) is 1.96. The molecule has 0 aromatic heterocycles. The molecular formula is C17H17BrINO. The van der Waals surface area contributed by atoms with Crippen molar-refractivity contribution in [3.63, 3.8) is 0 Å². The number of nitrogens with zero attached hydrogens (tertiary/aromatic N) is 1. The molecule has 0 saturated heterocycles. The van der Waals surface area contributed by atoms with Crippen molar-refractivity contribution < 1.29 is 4.79 Å². The summed E-state index contributed by atoms with van der Waals surface area (Å²) < 4.78 is 1.92. The first-order valence-electron chi connectivity index (χ1n) is 6.82. The van der Waals surface area contributed by atoms with E-state index in [1.807, 2.05) is 43.4 Å². The van der Waals surface area contributed by atoms with Gasteiger partial charge in [-0.15, -0.1) is 0 Å². The number of carbonyl (C=O) groups is 1. The van der Waals surface area contributed by atoms with Crippen LogP contribution in [0.25, 0.3) is 0 Å². The Bertz CT molecular complexity index is 615. The fraction of sp³-hybridized carbons (Fsp3) is 0.235. The van der Waals surface area contributed by atoms with E-state index in [4.69, 9.17) is 0 Å². The molecule has 0 heterocycles. The zero-order valence-corrected chi connectivity index (χ0v) is 15.6. The summed E-state index contributed by atoms with van der Waals surface area (Å²) in [4.78, 5) is 14.3. The van der Waals surface area contributed by atoms with E-state index in [0.717, 1.165) is 33.0 Å². The first kappa shape index (κ1) is 16.5. The van der Waals surface area contributed by atoms with Crippen molar-refractivity contribution in [3.05, 3.63) is 67.7 Å². The third kappa shape index (κ3) is 4.81. The molecule has 21 heavy (non-hydrogen) atoms. The SMILES string of the molecule is CN(CCCc1ccccc1)C(=O)c1cc(Br)ccc1I. The normalized spacial score (nSPS) is 10.4. The zero-order chi connectivity index (χ0) is 15.2. The van der Waals surface area contributed by atoms with Gasteiger partial charge in [0.15, 0.2) is 0 Å². The van der Waals surface area contributed by atoms with E-state index in [2.05, 4.69) is 50.7 Å². The molecule has 0 aliphatic rings. The Balaban J connectivity index is 1.92. The largest absolute Gasteiger partial charge is 0.342 e. The highest BCUT2D eigenvalue weighted by atomic mass is 127. The second-order valence-electron chi connectivity index (χ2n) is 4.94. The van der Waals surface area contributed by atoms with E-state index in [1.54, 1.807) is 4.90 Å². The number of carbonyl (C=O) groups excluding carboxylic acids is 1. The molecule has 2 nitrogen and oxygen atoms in total. The number of rotatable bonds is 5. The van der Waals surface area contributed by atoms with Gasteiger partial charge in [0.1, 0.15) is 0 Å². The lowest BCUT2D eigenvalue weighted by atomic mass is 10.1. The van der Waals surface area contributed by atoms with Gasteiger partial charge < -0.3 is 4.90 Å². The van der Waals surface area contributed by atoms with Crippen LogP contribution in [0.3, 0.4) is 0 Å². The number of aryl methyl sites for hydroxylation is 1. The van der Waals surface area contributed by atoms with Gasteiger partial charge in [0.2, 0.25) is 0 Å². The van der Waals surface area contributed by atoms with Crippen LogP contribution in [0, 0.1) is 3.57 Å². The second kappa shape index (κ2) is 7.94. The molecule has 0 spiro atoms. The van der Waals surface area contributed by atoms with Crippen LogP contribution < -0.4 is 0 Å². The Labute approximate surface area is 147 Å². The van der Waals surface area contributed by atoms with E-state index in [-0.39, 0.29) is 5.91 Å². The summed E-state index contributed by atoms with van der Waals surface area (Å²) in [5.41, 5.74) is 2.07. The van der Waals surface area contributed by atoms with E-state index in [0.29, 0.717) is 0 Å². The molecule has 0 atom stereocenters. The highest BCUT2D eigenvalue weighted by Gasteiger charge is 2.14. The monoisotopic (exact) mass is 457 g/mol. The van der Waals surface area contributed by atoms with Gasteiger partial charge in [0.05, 0.1) is 5.56 Å². The summed E-state index contributed by atoms with van der Waals surface area (Å²) in [5.74, 6) is 0.0776. The standard InChI is InChI=1S/C17H17BrINO/c1-20(11-5-8-13-6-3-2-4-7-13)17(21)15-12-14(18)9-10-16(15)19/h2-4,6-7,9-10,12H,5,8,11H2,1H3. The minimum absolute atomic E-state index is 0.0776. The predicted octanol–water partition coefficient (Wildman–Crippen LogP) is 4.76. The lowest BCUT2D eigenvalue weighted by Gasteiger charge is -2.18. The van der Waals surface area contributed by atoms with Crippen LogP contribution in [0.2, 0.25) is 0 Å². The van der Waals surface area contributed by atoms with Crippen molar-refractivity contribution in [1.29, 1.82) is 0 Å². The van der Waals surface area contributed by atoms with Crippen LogP contribution in [0.15, 0.2) is 53.0 Å². The molecule has 2 aromatic rings. The van der Waals surface area contributed by atoms with Gasteiger partial charge >= 0.3 is 0 Å². The molecule has 2 aromatic carbocycles. The quantitative estimate of drug-likeness (QED) is 0.593. The molecule has 0 bridgehead atoms. The van der Waals surface area contributed by atoms with E-state index >= 15 is 0 Å². The first-order chi connectivity index (χ1) is 10.1. The topological polar surface area (TPSA) is 20.3 Å². The highest BCUT2D eigenvalue weighted by molar-refractivity contribution is 14.1.